The lowest BCUT2D eigenvalue weighted by Gasteiger charge is -2.14. The summed E-state index contributed by atoms with van der Waals surface area (Å²) >= 11 is 0. The number of urea groups is 1. The molecular formula is C11H22N4O3. The van der Waals surface area contributed by atoms with Crippen molar-refractivity contribution in [3.05, 3.63) is 0 Å². The molecule has 0 aromatic heterocycles. The molecular weight excluding hydrogens is 236 g/mol. The molecule has 0 fully saturated rings. The quantitative estimate of drug-likeness (QED) is 0.420. The fraction of sp³-hybridized carbons (Fsp3) is 0.727. The molecule has 0 aromatic carbocycles. The molecule has 0 saturated carbocycles. The van der Waals surface area contributed by atoms with Crippen molar-refractivity contribution in [2.45, 2.75) is 45.1 Å². The Morgan fingerprint density at radius 1 is 1.11 bits per heavy atom. The second-order valence-corrected chi connectivity index (χ2v) is 4.09. The number of rotatable bonds is 9. The smallest absolute Gasteiger partial charge is 0.315 e. The predicted octanol–water partition coefficient (Wildman–Crippen LogP) is -0.405. The minimum Gasteiger partial charge on any atom is -0.370 e. The molecule has 0 aliphatic heterocycles. The van der Waals surface area contributed by atoms with E-state index in [1.54, 1.807) is 0 Å². The van der Waals surface area contributed by atoms with Crippen LogP contribution in [0.1, 0.15) is 39.0 Å². The number of primary amides is 2. The number of unbranched alkanes of at least 4 members (excludes halogenated alkanes) is 3. The first-order valence-electron chi connectivity index (χ1n) is 6.09. The van der Waals surface area contributed by atoms with E-state index >= 15 is 0 Å². The summed E-state index contributed by atoms with van der Waals surface area (Å²) in [5.74, 6) is -1.48. The zero-order valence-corrected chi connectivity index (χ0v) is 10.7. The van der Waals surface area contributed by atoms with Gasteiger partial charge < -0.3 is 22.1 Å². The van der Waals surface area contributed by atoms with E-state index in [2.05, 4.69) is 17.6 Å². The third kappa shape index (κ3) is 8.37. The summed E-state index contributed by atoms with van der Waals surface area (Å²) in [6.07, 6.45) is 3.86. The maximum absolute atomic E-state index is 11.4. The molecule has 0 saturated heterocycles. The molecule has 1 atom stereocenters. The Labute approximate surface area is 107 Å². The Balaban J connectivity index is 3.88. The van der Waals surface area contributed by atoms with Gasteiger partial charge in [-0.05, 0) is 6.42 Å². The molecule has 4 amide bonds. The number of nitrogens with one attached hydrogen (secondary N) is 2. The average molecular weight is 258 g/mol. The van der Waals surface area contributed by atoms with Crippen LogP contribution in [0.4, 0.5) is 4.79 Å². The highest BCUT2D eigenvalue weighted by atomic mass is 16.2. The van der Waals surface area contributed by atoms with Gasteiger partial charge in [0.05, 0.1) is 6.42 Å². The van der Waals surface area contributed by atoms with Crippen molar-refractivity contribution in [2.24, 2.45) is 11.5 Å². The Kier molecular flexibility index (Phi) is 8.34. The fourth-order valence-corrected chi connectivity index (χ4v) is 1.39. The molecule has 0 aliphatic rings. The highest BCUT2D eigenvalue weighted by Crippen LogP contribution is 1.97. The van der Waals surface area contributed by atoms with Crippen LogP contribution >= 0.6 is 0 Å². The Bertz CT molecular complexity index is 294. The third-order valence-corrected chi connectivity index (χ3v) is 2.37. The van der Waals surface area contributed by atoms with Gasteiger partial charge in [0.1, 0.15) is 6.04 Å². The maximum Gasteiger partial charge on any atom is 0.315 e. The number of amides is 4. The van der Waals surface area contributed by atoms with E-state index in [0.29, 0.717) is 6.54 Å². The first kappa shape index (κ1) is 16.2. The molecule has 0 spiro atoms. The van der Waals surface area contributed by atoms with Crippen LogP contribution in [0.5, 0.6) is 0 Å². The summed E-state index contributed by atoms with van der Waals surface area (Å²) in [6, 6.07) is -1.57. The van der Waals surface area contributed by atoms with Crippen molar-refractivity contribution in [3.8, 4) is 0 Å². The van der Waals surface area contributed by atoms with Crippen molar-refractivity contribution in [3.63, 3.8) is 0 Å². The maximum atomic E-state index is 11.4. The van der Waals surface area contributed by atoms with Gasteiger partial charge in [-0.2, -0.15) is 0 Å². The zero-order chi connectivity index (χ0) is 14.0. The average Bonchev–Trinajstić information content (AvgIpc) is 2.27. The number of nitrogens with two attached hydrogens (primary N) is 2. The topological polar surface area (TPSA) is 127 Å². The van der Waals surface area contributed by atoms with E-state index in [9.17, 15) is 14.4 Å². The Morgan fingerprint density at radius 2 is 1.78 bits per heavy atom. The van der Waals surface area contributed by atoms with Gasteiger partial charge in [0.15, 0.2) is 0 Å². The number of carbonyl (C=O) groups is 3. The van der Waals surface area contributed by atoms with Crippen LogP contribution in [0.2, 0.25) is 0 Å². The molecule has 0 rings (SSSR count). The van der Waals surface area contributed by atoms with Gasteiger partial charge in [0, 0.05) is 6.54 Å². The van der Waals surface area contributed by atoms with E-state index in [4.69, 9.17) is 11.5 Å². The second kappa shape index (κ2) is 9.26. The van der Waals surface area contributed by atoms with Crippen LogP contribution in [0.3, 0.4) is 0 Å². The van der Waals surface area contributed by atoms with E-state index in [0.717, 1.165) is 25.7 Å². The highest BCUT2D eigenvalue weighted by molar-refractivity contribution is 5.90. The van der Waals surface area contributed by atoms with Crippen LogP contribution in [-0.4, -0.2) is 30.4 Å². The zero-order valence-electron chi connectivity index (χ0n) is 10.7. The van der Waals surface area contributed by atoms with Gasteiger partial charge in [-0.1, -0.05) is 26.2 Å². The summed E-state index contributed by atoms with van der Waals surface area (Å²) < 4.78 is 0. The first-order valence-corrected chi connectivity index (χ1v) is 6.09. The number of carbonyl (C=O) groups excluding carboxylic acids is 3. The lowest BCUT2D eigenvalue weighted by molar-refractivity contribution is -0.124. The monoisotopic (exact) mass is 258 g/mol. The van der Waals surface area contributed by atoms with Crippen LogP contribution in [-0.2, 0) is 9.59 Å². The van der Waals surface area contributed by atoms with E-state index in [1.807, 2.05) is 0 Å². The van der Waals surface area contributed by atoms with E-state index in [1.165, 1.54) is 0 Å². The third-order valence-electron chi connectivity index (χ3n) is 2.37. The molecule has 7 nitrogen and oxygen atoms in total. The second-order valence-electron chi connectivity index (χ2n) is 4.09. The molecule has 0 unspecified atom stereocenters. The summed E-state index contributed by atoms with van der Waals surface area (Å²) in [5, 5.41) is 4.90. The standard InChI is InChI=1S/C11H22N4O3/c1-2-3-4-5-6-14-11(18)15-8(10(13)17)7-9(12)16/h8H,2-7H2,1H3,(H2,12,16)(H2,13,17)(H2,14,15,18)/t8-/m1/s1. The van der Waals surface area contributed by atoms with E-state index < -0.39 is 23.9 Å². The minimum absolute atomic E-state index is 0.293. The Hall–Kier alpha value is -1.79. The van der Waals surface area contributed by atoms with Crippen molar-refractivity contribution in [1.82, 2.24) is 10.6 Å². The number of hydrogen-bond donors (Lipinski definition) is 4. The summed E-state index contributed by atoms with van der Waals surface area (Å²) in [7, 11) is 0. The van der Waals surface area contributed by atoms with Crippen molar-refractivity contribution < 1.29 is 14.4 Å². The van der Waals surface area contributed by atoms with Crippen LogP contribution < -0.4 is 22.1 Å². The summed E-state index contributed by atoms with van der Waals surface area (Å²) in [4.78, 5) is 33.0. The van der Waals surface area contributed by atoms with Crippen LogP contribution in [0, 0.1) is 0 Å². The summed E-state index contributed by atoms with van der Waals surface area (Å²) in [6.45, 7) is 2.62. The van der Waals surface area contributed by atoms with Gasteiger partial charge in [-0.15, -0.1) is 0 Å². The van der Waals surface area contributed by atoms with Gasteiger partial charge in [0.2, 0.25) is 11.8 Å². The molecule has 6 N–H and O–H groups in total. The van der Waals surface area contributed by atoms with Crippen LogP contribution in [0.15, 0.2) is 0 Å². The van der Waals surface area contributed by atoms with E-state index in [-0.39, 0.29) is 6.42 Å². The molecule has 0 aliphatic carbocycles. The summed E-state index contributed by atoms with van der Waals surface area (Å²) in [5.41, 5.74) is 9.98. The Morgan fingerprint density at radius 3 is 2.28 bits per heavy atom. The van der Waals surface area contributed by atoms with Crippen LogP contribution in [0.25, 0.3) is 0 Å². The van der Waals surface area contributed by atoms with Crippen molar-refractivity contribution in [1.29, 1.82) is 0 Å². The first-order chi connectivity index (χ1) is 8.47. The molecule has 0 radical (unpaired) electrons. The lowest BCUT2D eigenvalue weighted by Crippen LogP contribution is -2.50. The minimum atomic E-state index is -1.06. The highest BCUT2D eigenvalue weighted by Gasteiger charge is 2.19. The van der Waals surface area contributed by atoms with Gasteiger partial charge in [-0.25, -0.2) is 4.79 Å². The van der Waals surface area contributed by atoms with Gasteiger partial charge in [-0.3, -0.25) is 9.59 Å². The molecule has 104 valence electrons. The molecule has 18 heavy (non-hydrogen) atoms. The molecule has 0 heterocycles. The molecule has 0 aromatic rings. The van der Waals surface area contributed by atoms with Gasteiger partial charge >= 0.3 is 6.03 Å². The normalized spacial score (nSPS) is 11.6. The lowest BCUT2D eigenvalue weighted by atomic mass is 10.2. The van der Waals surface area contributed by atoms with Gasteiger partial charge in [0.25, 0.3) is 0 Å². The SMILES string of the molecule is CCCCCCNC(=O)N[C@H](CC(N)=O)C(N)=O. The predicted molar refractivity (Wildman–Crippen MR) is 67.5 cm³/mol. The molecule has 0 bridgehead atoms. The molecule has 7 heteroatoms. The fourth-order valence-electron chi connectivity index (χ4n) is 1.39. The van der Waals surface area contributed by atoms with Crippen molar-refractivity contribution in [2.75, 3.05) is 6.54 Å². The van der Waals surface area contributed by atoms with Crippen molar-refractivity contribution >= 4 is 17.8 Å². The largest absolute Gasteiger partial charge is 0.370 e. The number of hydrogen-bond acceptors (Lipinski definition) is 3.